The van der Waals surface area contributed by atoms with E-state index in [-0.39, 0.29) is 11.9 Å². The van der Waals surface area contributed by atoms with Crippen LogP contribution in [-0.2, 0) is 0 Å². The van der Waals surface area contributed by atoms with Crippen molar-refractivity contribution in [1.82, 2.24) is 9.55 Å². The Hall–Kier alpha value is -2.20. The second kappa shape index (κ2) is 4.82. The summed E-state index contributed by atoms with van der Waals surface area (Å²) in [6.07, 6.45) is 1.72. The topological polar surface area (TPSA) is 43.8 Å². The molecule has 0 saturated carbocycles. The number of halogens is 1. The van der Waals surface area contributed by atoms with E-state index >= 15 is 0 Å². The zero-order chi connectivity index (χ0) is 13.2. The summed E-state index contributed by atoms with van der Waals surface area (Å²) in [7, 11) is 0. The second-order valence-electron chi connectivity index (χ2n) is 4.41. The Labute approximate surface area is 110 Å². The lowest BCUT2D eigenvalue weighted by Gasteiger charge is -2.18. The third kappa shape index (κ3) is 2.00. The molecule has 3 aromatic rings. The van der Waals surface area contributed by atoms with Crippen LogP contribution < -0.4 is 5.73 Å². The minimum Gasteiger partial charge on any atom is -0.328 e. The van der Waals surface area contributed by atoms with Crippen LogP contribution in [0.5, 0.6) is 0 Å². The minimum absolute atomic E-state index is 0.240. The number of benzene rings is 2. The third-order valence-corrected chi connectivity index (χ3v) is 3.30. The molecule has 0 fully saturated rings. The van der Waals surface area contributed by atoms with E-state index in [9.17, 15) is 4.39 Å². The number of para-hydroxylation sites is 2. The lowest BCUT2D eigenvalue weighted by Crippen LogP contribution is -2.20. The maximum absolute atomic E-state index is 13.9. The van der Waals surface area contributed by atoms with Crippen molar-refractivity contribution < 1.29 is 4.39 Å². The van der Waals surface area contributed by atoms with E-state index in [4.69, 9.17) is 5.73 Å². The van der Waals surface area contributed by atoms with Gasteiger partial charge in [0.15, 0.2) is 0 Å². The Bertz CT molecular complexity index is 705. The first-order valence-corrected chi connectivity index (χ1v) is 6.17. The summed E-state index contributed by atoms with van der Waals surface area (Å²) in [6.45, 7) is 0.321. The average Bonchev–Trinajstić information content (AvgIpc) is 2.86. The zero-order valence-electron chi connectivity index (χ0n) is 10.3. The van der Waals surface area contributed by atoms with Gasteiger partial charge in [-0.3, -0.25) is 0 Å². The van der Waals surface area contributed by atoms with Crippen LogP contribution in [0.25, 0.3) is 11.0 Å². The normalized spacial score (nSPS) is 12.7. The van der Waals surface area contributed by atoms with Gasteiger partial charge in [0.05, 0.1) is 23.4 Å². The quantitative estimate of drug-likeness (QED) is 0.782. The van der Waals surface area contributed by atoms with Crippen LogP contribution in [0.3, 0.4) is 0 Å². The van der Waals surface area contributed by atoms with Crippen molar-refractivity contribution in [3.63, 3.8) is 0 Å². The SMILES string of the molecule is NCC(c1ccccc1F)n1cnc2ccccc21. The number of rotatable bonds is 3. The average molecular weight is 255 g/mol. The van der Waals surface area contributed by atoms with Crippen molar-refractivity contribution >= 4 is 11.0 Å². The summed E-state index contributed by atoms with van der Waals surface area (Å²) in [6, 6.07) is 14.2. The van der Waals surface area contributed by atoms with Gasteiger partial charge >= 0.3 is 0 Å². The van der Waals surface area contributed by atoms with Gasteiger partial charge in [0.25, 0.3) is 0 Å². The fraction of sp³-hybridized carbons (Fsp3) is 0.133. The molecular formula is C15H14FN3. The number of fused-ring (bicyclic) bond motifs is 1. The van der Waals surface area contributed by atoms with Gasteiger partial charge in [-0.2, -0.15) is 0 Å². The smallest absolute Gasteiger partial charge is 0.128 e. The van der Waals surface area contributed by atoms with Crippen LogP contribution in [0.2, 0.25) is 0 Å². The molecule has 0 spiro atoms. The fourth-order valence-corrected chi connectivity index (χ4v) is 2.36. The van der Waals surface area contributed by atoms with E-state index in [0.717, 1.165) is 11.0 Å². The molecule has 0 saturated heterocycles. The maximum atomic E-state index is 13.9. The van der Waals surface area contributed by atoms with Crippen molar-refractivity contribution in [2.75, 3.05) is 6.54 Å². The summed E-state index contributed by atoms with van der Waals surface area (Å²) >= 11 is 0. The van der Waals surface area contributed by atoms with Crippen LogP contribution in [-0.4, -0.2) is 16.1 Å². The standard InChI is InChI=1S/C15H14FN3/c16-12-6-2-1-5-11(12)15(9-17)19-10-18-13-7-3-4-8-14(13)19/h1-8,10,15H,9,17H2. The van der Waals surface area contributed by atoms with Gasteiger partial charge in [-0.1, -0.05) is 30.3 Å². The number of hydrogen-bond acceptors (Lipinski definition) is 2. The van der Waals surface area contributed by atoms with Crippen molar-refractivity contribution in [2.45, 2.75) is 6.04 Å². The molecule has 1 unspecified atom stereocenters. The molecule has 3 nitrogen and oxygen atoms in total. The third-order valence-electron chi connectivity index (χ3n) is 3.30. The lowest BCUT2D eigenvalue weighted by molar-refractivity contribution is 0.544. The predicted octanol–water partition coefficient (Wildman–Crippen LogP) is 2.72. The van der Waals surface area contributed by atoms with Crippen molar-refractivity contribution in [3.8, 4) is 0 Å². The van der Waals surface area contributed by atoms with E-state index in [1.807, 2.05) is 34.9 Å². The number of imidazole rings is 1. The molecule has 1 aromatic heterocycles. The van der Waals surface area contributed by atoms with Gasteiger partial charge in [0.2, 0.25) is 0 Å². The van der Waals surface area contributed by atoms with Gasteiger partial charge < -0.3 is 10.3 Å². The number of nitrogens with two attached hydrogens (primary N) is 1. The molecule has 4 heteroatoms. The molecule has 19 heavy (non-hydrogen) atoms. The van der Waals surface area contributed by atoms with Gasteiger partial charge in [-0.25, -0.2) is 9.37 Å². The zero-order valence-corrected chi connectivity index (χ0v) is 10.3. The van der Waals surface area contributed by atoms with Crippen LogP contribution in [0.15, 0.2) is 54.9 Å². The van der Waals surface area contributed by atoms with E-state index in [1.54, 1.807) is 18.5 Å². The first kappa shape index (κ1) is 11.9. The van der Waals surface area contributed by atoms with Crippen LogP contribution in [0.1, 0.15) is 11.6 Å². The van der Waals surface area contributed by atoms with Gasteiger partial charge in [-0.05, 0) is 18.2 Å². The Kier molecular flexibility index (Phi) is 3.01. The largest absolute Gasteiger partial charge is 0.328 e. The van der Waals surface area contributed by atoms with E-state index in [2.05, 4.69) is 4.98 Å². The highest BCUT2D eigenvalue weighted by Crippen LogP contribution is 2.24. The van der Waals surface area contributed by atoms with Crippen LogP contribution in [0, 0.1) is 5.82 Å². The molecule has 1 atom stereocenters. The summed E-state index contributed by atoms with van der Waals surface area (Å²) in [4.78, 5) is 4.33. The van der Waals surface area contributed by atoms with Gasteiger partial charge in [0.1, 0.15) is 5.82 Å². The minimum atomic E-state index is -0.242. The molecule has 0 amide bonds. The second-order valence-corrected chi connectivity index (χ2v) is 4.41. The molecule has 0 aliphatic heterocycles. The highest BCUT2D eigenvalue weighted by molar-refractivity contribution is 5.75. The molecule has 1 heterocycles. The number of aromatic nitrogens is 2. The molecule has 0 aliphatic carbocycles. The molecule has 0 radical (unpaired) electrons. The van der Waals surface area contributed by atoms with E-state index in [0.29, 0.717) is 12.1 Å². The fourth-order valence-electron chi connectivity index (χ4n) is 2.36. The van der Waals surface area contributed by atoms with Crippen LogP contribution in [0.4, 0.5) is 4.39 Å². The maximum Gasteiger partial charge on any atom is 0.128 e. The summed E-state index contributed by atoms with van der Waals surface area (Å²) < 4.78 is 15.9. The van der Waals surface area contributed by atoms with Crippen molar-refractivity contribution in [3.05, 3.63) is 66.2 Å². The molecule has 96 valence electrons. The summed E-state index contributed by atoms with van der Waals surface area (Å²) in [5.41, 5.74) is 8.28. The molecule has 2 aromatic carbocycles. The van der Waals surface area contributed by atoms with Crippen molar-refractivity contribution in [2.24, 2.45) is 5.73 Å². The summed E-state index contributed by atoms with van der Waals surface area (Å²) in [5, 5.41) is 0. The lowest BCUT2D eigenvalue weighted by atomic mass is 10.1. The Morgan fingerprint density at radius 1 is 1.11 bits per heavy atom. The van der Waals surface area contributed by atoms with E-state index in [1.165, 1.54) is 6.07 Å². The molecule has 0 bridgehead atoms. The highest BCUT2D eigenvalue weighted by atomic mass is 19.1. The van der Waals surface area contributed by atoms with Gasteiger partial charge in [-0.15, -0.1) is 0 Å². The molecule has 0 aliphatic rings. The highest BCUT2D eigenvalue weighted by Gasteiger charge is 2.17. The Balaban J connectivity index is 2.15. The van der Waals surface area contributed by atoms with Crippen molar-refractivity contribution in [1.29, 1.82) is 0 Å². The molecule has 3 rings (SSSR count). The molecular weight excluding hydrogens is 241 g/mol. The monoisotopic (exact) mass is 255 g/mol. The van der Waals surface area contributed by atoms with Crippen LogP contribution >= 0.6 is 0 Å². The predicted molar refractivity (Wildman–Crippen MR) is 73.3 cm³/mol. The first-order chi connectivity index (χ1) is 9.31. The van der Waals surface area contributed by atoms with E-state index < -0.39 is 0 Å². The Morgan fingerprint density at radius 2 is 1.84 bits per heavy atom. The first-order valence-electron chi connectivity index (χ1n) is 6.17. The number of hydrogen-bond donors (Lipinski definition) is 1. The summed E-state index contributed by atoms with van der Waals surface area (Å²) in [5.74, 6) is -0.240. The molecule has 2 N–H and O–H groups in total. The Morgan fingerprint density at radius 3 is 2.63 bits per heavy atom. The van der Waals surface area contributed by atoms with Gasteiger partial charge in [0, 0.05) is 12.1 Å². The number of nitrogens with zero attached hydrogens (tertiary/aromatic N) is 2.